The number of nitrogens with one attached hydrogen (secondary N) is 1. The Morgan fingerprint density at radius 3 is 3.11 bits per heavy atom. The second kappa shape index (κ2) is 6.20. The van der Waals surface area contributed by atoms with Crippen molar-refractivity contribution in [2.75, 3.05) is 29.1 Å². The fourth-order valence-electron chi connectivity index (χ4n) is 2.04. The SMILES string of the molecule is Clc1ccc2c(NCC3CSCCS3)ncnc2c1. The Bertz CT molecular complexity index is 573. The normalized spacial score (nSPS) is 19.5. The predicted octanol–water partition coefficient (Wildman–Crippen LogP) is 3.54. The molecule has 3 nitrogen and oxygen atoms in total. The highest BCUT2D eigenvalue weighted by atomic mass is 35.5. The molecule has 0 bridgehead atoms. The van der Waals surface area contributed by atoms with E-state index in [4.69, 9.17) is 11.6 Å². The maximum atomic E-state index is 5.98. The second-order valence-corrected chi connectivity index (χ2v) is 7.33. The van der Waals surface area contributed by atoms with Crippen molar-refractivity contribution in [2.45, 2.75) is 5.25 Å². The molecule has 0 aliphatic carbocycles. The van der Waals surface area contributed by atoms with Crippen molar-refractivity contribution in [2.24, 2.45) is 0 Å². The van der Waals surface area contributed by atoms with Gasteiger partial charge in [-0.3, -0.25) is 0 Å². The Morgan fingerprint density at radius 2 is 2.26 bits per heavy atom. The van der Waals surface area contributed by atoms with Crippen LogP contribution in [-0.4, -0.2) is 39.0 Å². The summed E-state index contributed by atoms with van der Waals surface area (Å²) in [5.41, 5.74) is 0.885. The molecule has 0 radical (unpaired) electrons. The number of nitrogens with zero attached hydrogens (tertiary/aromatic N) is 2. The average Bonchev–Trinajstić information content (AvgIpc) is 2.45. The lowest BCUT2D eigenvalue weighted by molar-refractivity contribution is 0.993. The lowest BCUT2D eigenvalue weighted by Gasteiger charge is -2.21. The van der Waals surface area contributed by atoms with Crippen LogP contribution in [0.5, 0.6) is 0 Å². The van der Waals surface area contributed by atoms with Crippen molar-refractivity contribution in [1.82, 2.24) is 9.97 Å². The highest BCUT2D eigenvalue weighted by molar-refractivity contribution is 8.06. The van der Waals surface area contributed by atoms with Gasteiger partial charge in [-0.1, -0.05) is 11.6 Å². The van der Waals surface area contributed by atoms with E-state index in [2.05, 4.69) is 15.3 Å². The van der Waals surface area contributed by atoms with Crippen LogP contribution in [0.4, 0.5) is 5.82 Å². The maximum Gasteiger partial charge on any atom is 0.137 e. The van der Waals surface area contributed by atoms with Crippen LogP contribution in [0.15, 0.2) is 24.5 Å². The molecule has 0 saturated carbocycles. The molecule has 1 aliphatic rings. The van der Waals surface area contributed by atoms with Crippen LogP contribution in [-0.2, 0) is 0 Å². The van der Waals surface area contributed by atoms with Crippen LogP contribution in [0.3, 0.4) is 0 Å². The molecule has 1 fully saturated rings. The third-order valence-corrected chi connectivity index (χ3v) is 6.06. The fraction of sp³-hybridized carbons (Fsp3) is 0.385. The molecule has 0 amide bonds. The first kappa shape index (κ1) is 13.3. The number of fused-ring (bicyclic) bond motifs is 1. The first-order valence-corrected chi connectivity index (χ1v) is 8.74. The minimum atomic E-state index is 0.663. The molecule has 6 heteroatoms. The van der Waals surface area contributed by atoms with Gasteiger partial charge in [0.2, 0.25) is 0 Å². The first-order valence-electron chi connectivity index (χ1n) is 6.16. The van der Waals surface area contributed by atoms with E-state index in [9.17, 15) is 0 Å². The molecule has 1 aromatic heterocycles. The van der Waals surface area contributed by atoms with E-state index >= 15 is 0 Å². The largest absolute Gasteiger partial charge is 0.368 e. The second-order valence-electron chi connectivity index (χ2n) is 4.33. The lowest BCUT2D eigenvalue weighted by Crippen LogP contribution is -2.23. The van der Waals surface area contributed by atoms with Gasteiger partial charge >= 0.3 is 0 Å². The van der Waals surface area contributed by atoms with E-state index in [1.54, 1.807) is 6.33 Å². The summed E-state index contributed by atoms with van der Waals surface area (Å²) >= 11 is 10.1. The van der Waals surface area contributed by atoms with E-state index in [0.29, 0.717) is 10.3 Å². The molecule has 100 valence electrons. The number of benzene rings is 1. The van der Waals surface area contributed by atoms with Gasteiger partial charge in [0.15, 0.2) is 0 Å². The summed E-state index contributed by atoms with van der Waals surface area (Å²) in [5.74, 6) is 4.64. The molecule has 1 unspecified atom stereocenters. The standard InChI is InChI=1S/C13H14ClN3S2/c14-9-1-2-11-12(5-9)16-8-17-13(11)15-6-10-7-18-3-4-19-10/h1-2,5,8,10H,3-4,6-7H2,(H,15,16,17). The summed E-state index contributed by atoms with van der Waals surface area (Å²) in [6, 6.07) is 5.72. The zero-order valence-electron chi connectivity index (χ0n) is 10.3. The third-order valence-electron chi connectivity index (χ3n) is 2.98. The van der Waals surface area contributed by atoms with Crippen LogP contribution < -0.4 is 5.32 Å². The van der Waals surface area contributed by atoms with Crippen LogP contribution in [0.25, 0.3) is 10.9 Å². The Balaban J connectivity index is 1.76. The highest BCUT2D eigenvalue weighted by Gasteiger charge is 2.14. The molecule has 1 saturated heterocycles. The Labute approximate surface area is 125 Å². The Kier molecular flexibility index (Phi) is 4.35. The lowest BCUT2D eigenvalue weighted by atomic mass is 10.2. The number of aromatic nitrogens is 2. The predicted molar refractivity (Wildman–Crippen MR) is 86.6 cm³/mol. The number of rotatable bonds is 3. The van der Waals surface area contributed by atoms with Crippen molar-refractivity contribution >= 4 is 51.8 Å². The van der Waals surface area contributed by atoms with Crippen LogP contribution in [0.2, 0.25) is 5.02 Å². The molecule has 3 rings (SSSR count). The molecule has 1 atom stereocenters. The van der Waals surface area contributed by atoms with Crippen molar-refractivity contribution in [3.05, 3.63) is 29.5 Å². The van der Waals surface area contributed by atoms with E-state index in [-0.39, 0.29) is 0 Å². The van der Waals surface area contributed by atoms with E-state index < -0.39 is 0 Å². The molecule has 1 aliphatic heterocycles. The minimum absolute atomic E-state index is 0.663. The summed E-state index contributed by atoms with van der Waals surface area (Å²) < 4.78 is 0. The molecule has 2 aromatic rings. The highest BCUT2D eigenvalue weighted by Crippen LogP contribution is 2.26. The van der Waals surface area contributed by atoms with Gasteiger partial charge in [-0.05, 0) is 18.2 Å². The van der Waals surface area contributed by atoms with Crippen LogP contribution in [0, 0.1) is 0 Å². The monoisotopic (exact) mass is 311 g/mol. The minimum Gasteiger partial charge on any atom is -0.368 e. The van der Waals surface area contributed by atoms with Crippen molar-refractivity contribution in [3.8, 4) is 0 Å². The van der Waals surface area contributed by atoms with Gasteiger partial charge in [-0.2, -0.15) is 23.5 Å². The van der Waals surface area contributed by atoms with Gasteiger partial charge < -0.3 is 5.32 Å². The molecular formula is C13H14ClN3S2. The van der Waals surface area contributed by atoms with Gasteiger partial charge in [0, 0.05) is 39.5 Å². The van der Waals surface area contributed by atoms with Crippen molar-refractivity contribution in [1.29, 1.82) is 0 Å². The Hall–Kier alpha value is -0.650. The van der Waals surface area contributed by atoms with Crippen LogP contribution in [0.1, 0.15) is 0 Å². The molecule has 2 heterocycles. The number of anilines is 1. The third kappa shape index (κ3) is 3.27. The van der Waals surface area contributed by atoms with E-state index in [1.165, 1.54) is 17.3 Å². The zero-order valence-corrected chi connectivity index (χ0v) is 12.7. The van der Waals surface area contributed by atoms with E-state index in [1.807, 2.05) is 41.7 Å². The van der Waals surface area contributed by atoms with Crippen LogP contribution >= 0.6 is 35.1 Å². The van der Waals surface area contributed by atoms with Gasteiger partial charge in [-0.15, -0.1) is 0 Å². The molecular weight excluding hydrogens is 298 g/mol. The summed E-state index contributed by atoms with van der Waals surface area (Å²) in [5, 5.41) is 5.84. The molecule has 1 N–H and O–H groups in total. The Morgan fingerprint density at radius 1 is 1.32 bits per heavy atom. The van der Waals surface area contributed by atoms with Crippen molar-refractivity contribution in [3.63, 3.8) is 0 Å². The van der Waals surface area contributed by atoms with Gasteiger partial charge in [0.1, 0.15) is 12.1 Å². The van der Waals surface area contributed by atoms with Gasteiger partial charge in [0.05, 0.1) is 5.52 Å². The molecule has 19 heavy (non-hydrogen) atoms. The number of halogens is 1. The van der Waals surface area contributed by atoms with Gasteiger partial charge in [0.25, 0.3) is 0 Å². The van der Waals surface area contributed by atoms with E-state index in [0.717, 1.165) is 23.3 Å². The summed E-state index contributed by atoms with van der Waals surface area (Å²) in [7, 11) is 0. The molecule has 0 spiro atoms. The number of hydrogen-bond donors (Lipinski definition) is 1. The summed E-state index contributed by atoms with van der Waals surface area (Å²) in [6.07, 6.45) is 1.59. The summed E-state index contributed by atoms with van der Waals surface area (Å²) in [4.78, 5) is 8.59. The average molecular weight is 312 g/mol. The zero-order chi connectivity index (χ0) is 13.1. The summed E-state index contributed by atoms with van der Waals surface area (Å²) in [6.45, 7) is 0.951. The fourth-order valence-corrected chi connectivity index (χ4v) is 4.81. The topological polar surface area (TPSA) is 37.8 Å². The van der Waals surface area contributed by atoms with Crippen molar-refractivity contribution < 1.29 is 0 Å². The first-order chi connectivity index (χ1) is 9.33. The smallest absolute Gasteiger partial charge is 0.137 e. The number of thioether (sulfide) groups is 2. The molecule has 1 aromatic carbocycles. The number of hydrogen-bond acceptors (Lipinski definition) is 5. The van der Waals surface area contributed by atoms with Gasteiger partial charge in [-0.25, -0.2) is 9.97 Å². The quantitative estimate of drug-likeness (QED) is 0.938. The maximum absolute atomic E-state index is 5.98.